The van der Waals surface area contributed by atoms with E-state index in [1.54, 1.807) is 0 Å². The molecule has 0 spiro atoms. The van der Waals surface area contributed by atoms with Crippen LogP contribution in [0, 0.1) is 10.8 Å². The third-order valence-corrected chi connectivity index (χ3v) is 5.43. The summed E-state index contributed by atoms with van der Waals surface area (Å²) in [5.74, 6) is 0.00280. The lowest BCUT2D eigenvalue weighted by molar-refractivity contribution is -0.132. The van der Waals surface area contributed by atoms with E-state index in [0.29, 0.717) is 36.5 Å². The molecule has 1 heterocycles. The summed E-state index contributed by atoms with van der Waals surface area (Å²) in [6.07, 6.45) is 6.04. The van der Waals surface area contributed by atoms with E-state index in [2.05, 4.69) is 12.2 Å². The van der Waals surface area contributed by atoms with Crippen LogP contribution in [0.15, 0.2) is 0 Å². The molecule has 1 amide bonds. The molecular formula is C14H24N2O2S. The molecule has 3 N–H and O–H groups in total. The number of hydrogen-bond acceptors (Lipinski definition) is 3. The second kappa shape index (κ2) is 5.75. The fourth-order valence-corrected chi connectivity index (χ4v) is 3.37. The predicted octanol–water partition coefficient (Wildman–Crippen LogP) is 1.77. The minimum atomic E-state index is -0.688. The molecule has 1 saturated carbocycles. The fourth-order valence-electron chi connectivity index (χ4n) is 3.07. The topological polar surface area (TPSA) is 64.4 Å². The van der Waals surface area contributed by atoms with Gasteiger partial charge >= 0.3 is 0 Å². The lowest BCUT2D eigenvalue weighted by atomic mass is 9.67. The van der Waals surface area contributed by atoms with E-state index in [9.17, 15) is 4.79 Å². The van der Waals surface area contributed by atoms with Crippen molar-refractivity contribution in [3.63, 3.8) is 0 Å². The van der Waals surface area contributed by atoms with Crippen LogP contribution in [-0.4, -0.2) is 30.7 Å². The van der Waals surface area contributed by atoms with Crippen molar-refractivity contribution in [2.45, 2.75) is 45.4 Å². The van der Waals surface area contributed by atoms with Crippen LogP contribution in [0.5, 0.6) is 0 Å². The van der Waals surface area contributed by atoms with E-state index in [-0.39, 0.29) is 5.91 Å². The number of nitrogens with two attached hydrogens (primary N) is 1. The Bertz CT molecular complexity index is 355. The summed E-state index contributed by atoms with van der Waals surface area (Å²) in [6.45, 7) is 4.07. The molecule has 5 heteroatoms. The second-order valence-electron chi connectivity index (χ2n) is 5.95. The van der Waals surface area contributed by atoms with Crippen molar-refractivity contribution in [3.05, 3.63) is 0 Å². The summed E-state index contributed by atoms with van der Waals surface area (Å²) >= 11 is 5.14. The lowest BCUT2D eigenvalue weighted by Gasteiger charge is -2.43. The fraction of sp³-hybridized carbons (Fsp3) is 0.857. The maximum atomic E-state index is 12.5. The molecule has 108 valence electrons. The number of thiocarbonyl (C=S) groups is 1. The van der Waals surface area contributed by atoms with Gasteiger partial charge in [-0.25, -0.2) is 0 Å². The first kappa shape index (κ1) is 14.7. The Kier molecular flexibility index (Phi) is 4.46. The van der Waals surface area contributed by atoms with Gasteiger partial charge in [-0.3, -0.25) is 4.79 Å². The van der Waals surface area contributed by atoms with Crippen molar-refractivity contribution < 1.29 is 9.53 Å². The van der Waals surface area contributed by atoms with Crippen LogP contribution in [0.1, 0.15) is 45.4 Å². The molecule has 1 aliphatic heterocycles. The minimum Gasteiger partial charge on any atom is -0.392 e. The molecule has 2 rings (SSSR count). The van der Waals surface area contributed by atoms with Crippen LogP contribution in [-0.2, 0) is 9.53 Å². The highest BCUT2D eigenvalue weighted by atomic mass is 32.1. The zero-order valence-electron chi connectivity index (χ0n) is 11.7. The smallest absolute Gasteiger partial charge is 0.233 e. The first-order valence-electron chi connectivity index (χ1n) is 7.21. The summed E-state index contributed by atoms with van der Waals surface area (Å²) in [4.78, 5) is 12.8. The van der Waals surface area contributed by atoms with Crippen LogP contribution < -0.4 is 11.1 Å². The molecule has 0 aromatic heterocycles. The second-order valence-corrected chi connectivity index (χ2v) is 6.39. The van der Waals surface area contributed by atoms with E-state index >= 15 is 0 Å². The summed E-state index contributed by atoms with van der Waals surface area (Å²) in [5, 5.41) is 3.11. The first-order valence-corrected chi connectivity index (χ1v) is 7.61. The SMILES string of the molecule is CCC1(CNC(=O)C2(C(N)=S)CCOCC2)CCC1. The van der Waals surface area contributed by atoms with Crippen molar-refractivity contribution in [2.75, 3.05) is 19.8 Å². The Labute approximate surface area is 120 Å². The normalized spacial score (nSPS) is 24.3. The van der Waals surface area contributed by atoms with E-state index in [1.165, 1.54) is 19.3 Å². The minimum absolute atomic E-state index is 0.00280. The van der Waals surface area contributed by atoms with E-state index in [1.807, 2.05) is 0 Å². The van der Waals surface area contributed by atoms with Crippen LogP contribution in [0.3, 0.4) is 0 Å². The third-order valence-electron chi connectivity index (χ3n) is 5.04. The number of hydrogen-bond donors (Lipinski definition) is 2. The first-order chi connectivity index (χ1) is 9.05. The van der Waals surface area contributed by atoms with Crippen molar-refractivity contribution in [1.82, 2.24) is 5.32 Å². The maximum absolute atomic E-state index is 12.5. The zero-order chi connectivity index (χ0) is 13.9. The van der Waals surface area contributed by atoms with E-state index in [4.69, 9.17) is 22.7 Å². The van der Waals surface area contributed by atoms with Gasteiger partial charge in [0, 0.05) is 19.8 Å². The Morgan fingerprint density at radius 3 is 2.37 bits per heavy atom. The van der Waals surface area contributed by atoms with Gasteiger partial charge in [-0.1, -0.05) is 25.6 Å². The van der Waals surface area contributed by atoms with Crippen molar-refractivity contribution in [1.29, 1.82) is 0 Å². The number of carbonyl (C=O) groups is 1. The Balaban J connectivity index is 1.98. The standard InChI is InChI=1S/C14H24N2O2S/c1-2-13(4-3-5-13)10-16-12(17)14(11(15)19)6-8-18-9-7-14/h2-10H2,1H3,(H2,15,19)(H,16,17). The molecule has 0 aromatic carbocycles. The Morgan fingerprint density at radius 1 is 1.32 bits per heavy atom. The molecule has 0 unspecified atom stereocenters. The van der Waals surface area contributed by atoms with Gasteiger partial charge in [0.2, 0.25) is 5.91 Å². The molecule has 4 nitrogen and oxygen atoms in total. The van der Waals surface area contributed by atoms with Crippen LogP contribution in [0.25, 0.3) is 0 Å². The third kappa shape index (κ3) is 2.77. The number of ether oxygens (including phenoxy) is 1. The number of amides is 1. The van der Waals surface area contributed by atoms with E-state index in [0.717, 1.165) is 13.0 Å². The quantitative estimate of drug-likeness (QED) is 0.755. The molecule has 19 heavy (non-hydrogen) atoms. The van der Waals surface area contributed by atoms with Gasteiger partial charge in [0.15, 0.2) is 0 Å². The highest BCUT2D eigenvalue weighted by Gasteiger charge is 2.44. The summed E-state index contributed by atoms with van der Waals surface area (Å²) < 4.78 is 5.33. The van der Waals surface area contributed by atoms with Gasteiger partial charge in [0.25, 0.3) is 0 Å². The molecule has 1 saturated heterocycles. The highest BCUT2D eigenvalue weighted by molar-refractivity contribution is 7.80. The molecule has 0 radical (unpaired) electrons. The van der Waals surface area contributed by atoms with Crippen molar-refractivity contribution >= 4 is 23.1 Å². The van der Waals surface area contributed by atoms with E-state index < -0.39 is 5.41 Å². The summed E-state index contributed by atoms with van der Waals surface area (Å²) in [7, 11) is 0. The number of rotatable bonds is 5. The average Bonchev–Trinajstić information content (AvgIpc) is 2.38. The van der Waals surface area contributed by atoms with Crippen LogP contribution >= 0.6 is 12.2 Å². The van der Waals surface area contributed by atoms with Gasteiger partial charge < -0.3 is 15.8 Å². The largest absolute Gasteiger partial charge is 0.392 e. The van der Waals surface area contributed by atoms with Gasteiger partial charge in [0.1, 0.15) is 5.41 Å². The molecule has 1 aliphatic carbocycles. The van der Waals surface area contributed by atoms with Gasteiger partial charge in [-0.05, 0) is 37.5 Å². The molecule has 0 bridgehead atoms. The Morgan fingerprint density at radius 2 is 1.95 bits per heavy atom. The van der Waals surface area contributed by atoms with Gasteiger partial charge in [-0.2, -0.15) is 0 Å². The van der Waals surface area contributed by atoms with Crippen LogP contribution in [0.4, 0.5) is 0 Å². The average molecular weight is 284 g/mol. The highest BCUT2D eigenvalue weighted by Crippen LogP contribution is 2.43. The van der Waals surface area contributed by atoms with Gasteiger partial charge in [0.05, 0.1) is 4.99 Å². The number of nitrogens with one attached hydrogen (secondary N) is 1. The molecule has 0 aromatic rings. The number of carbonyl (C=O) groups excluding carboxylic acids is 1. The monoisotopic (exact) mass is 284 g/mol. The molecule has 0 atom stereocenters. The lowest BCUT2D eigenvalue weighted by Crippen LogP contribution is -2.54. The maximum Gasteiger partial charge on any atom is 0.233 e. The Hall–Kier alpha value is -0.680. The summed E-state index contributed by atoms with van der Waals surface area (Å²) in [5.41, 5.74) is 5.47. The molecular weight excluding hydrogens is 260 g/mol. The van der Waals surface area contributed by atoms with Crippen molar-refractivity contribution in [3.8, 4) is 0 Å². The van der Waals surface area contributed by atoms with Crippen LogP contribution in [0.2, 0.25) is 0 Å². The van der Waals surface area contributed by atoms with Gasteiger partial charge in [-0.15, -0.1) is 0 Å². The predicted molar refractivity (Wildman–Crippen MR) is 78.9 cm³/mol. The zero-order valence-corrected chi connectivity index (χ0v) is 12.5. The molecule has 2 fully saturated rings. The summed E-state index contributed by atoms with van der Waals surface area (Å²) in [6, 6.07) is 0. The molecule has 2 aliphatic rings. The van der Waals surface area contributed by atoms with Crippen molar-refractivity contribution in [2.24, 2.45) is 16.6 Å².